The number of hydrogen-bond donors (Lipinski definition) is 0. The maximum atomic E-state index is 13.2. The lowest BCUT2D eigenvalue weighted by Crippen LogP contribution is -2.26. The van der Waals surface area contributed by atoms with Crippen LogP contribution in [0, 0.1) is 6.92 Å². The highest BCUT2D eigenvalue weighted by Crippen LogP contribution is 2.31. The first-order chi connectivity index (χ1) is 16.0. The van der Waals surface area contributed by atoms with Crippen molar-refractivity contribution in [1.82, 2.24) is 20.0 Å². The second-order valence-electron chi connectivity index (χ2n) is 7.46. The first kappa shape index (κ1) is 20.8. The van der Waals surface area contributed by atoms with E-state index in [2.05, 4.69) is 10.3 Å². The molecule has 0 radical (unpaired) electrons. The van der Waals surface area contributed by atoms with Gasteiger partial charge in [0.25, 0.3) is 5.56 Å². The Morgan fingerprint density at radius 3 is 2.48 bits per heavy atom. The van der Waals surface area contributed by atoms with Crippen LogP contribution in [-0.2, 0) is 11.5 Å². The molecule has 0 unspecified atom stereocenters. The van der Waals surface area contributed by atoms with Gasteiger partial charge in [0.05, 0.1) is 22.2 Å². The summed E-state index contributed by atoms with van der Waals surface area (Å²) < 4.78 is 6.54. The molecule has 0 saturated heterocycles. The molecular weight excluding hydrogens is 440 g/mol. The number of esters is 1. The van der Waals surface area contributed by atoms with Crippen LogP contribution in [0.1, 0.15) is 15.9 Å². The fourth-order valence-electron chi connectivity index (χ4n) is 3.79. The van der Waals surface area contributed by atoms with Gasteiger partial charge in [-0.15, -0.1) is 5.10 Å². The number of carbonyl (C=O) groups excluding carboxylic acids is 1. The van der Waals surface area contributed by atoms with Gasteiger partial charge < -0.3 is 4.74 Å². The largest absolute Gasteiger partial charge is 0.439 e. The number of fused-ring (bicyclic) bond motifs is 2. The summed E-state index contributed by atoms with van der Waals surface area (Å²) in [6.45, 7) is 1.45. The van der Waals surface area contributed by atoms with Gasteiger partial charge in [-0.2, -0.15) is 4.68 Å². The van der Waals surface area contributed by atoms with E-state index >= 15 is 0 Å². The fourth-order valence-corrected chi connectivity index (χ4v) is 3.98. The van der Waals surface area contributed by atoms with Crippen molar-refractivity contribution in [2.45, 2.75) is 13.7 Å². The minimum absolute atomic E-state index is 0.363. The van der Waals surface area contributed by atoms with Crippen LogP contribution in [0.25, 0.3) is 33.1 Å². The summed E-state index contributed by atoms with van der Waals surface area (Å²) in [6, 6.07) is 21.5. The molecule has 0 aliphatic carbocycles. The van der Waals surface area contributed by atoms with E-state index in [-0.39, 0.29) is 12.3 Å². The zero-order valence-electron chi connectivity index (χ0n) is 17.5. The Labute approximate surface area is 193 Å². The van der Waals surface area contributed by atoms with Gasteiger partial charge in [0, 0.05) is 16.0 Å². The summed E-state index contributed by atoms with van der Waals surface area (Å²) >= 11 is 6.18. The van der Waals surface area contributed by atoms with Crippen LogP contribution in [0.4, 0.5) is 0 Å². The average Bonchev–Trinajstić information content (AvgIpc) is 2.83. The molecule has 2 aromatic heterocycles. The number of aromatic nitrogens is 4. The maximum absolute atomic E-state index is 13.2. The zero-order chi connectivity index (χ0) is 22.9. The number of ether oxygens (including phenoxy) is 1. The summed E-state index contributed by atoms with van der Waals surface area (Å²) in [6.07, 6.45) is 0. The van der Waals surface area contributed by atoms with Crippen molar-refractivity contribution >= 4 is 39.4 Å². The molecule has 0 saturated carbocycles. The highest BCUT2D eigenvalue weighted by atomic mass is 35.5. The maximum Gasteiger partial charge on any atom is 0.340 e. The number of pyridine rings is 1. The van der Waals surface area contributed by atoms with Gasteiger partial charge in [-0.1, -0.05) is 59.3 Å². The standard InChI is InChI=1S/C25H17ClN4O3/c1-15-22(25(32)33-14-30-24(31)19-10-3-5-12-21(19)28-29-30)18-9-2-4-11-20(18)27-23(15)16-7-6-8-17(26)13-16/h2-13H,14H2,1H3. The molecule has 162 valence electrons. The van der Waals surface area contributed by atoms with Gasteiger partial charge >= 0.3 is 5.97 Å². The molecule has 0 spiro atoms. The number of rotatable bonds is 4. The number of halogens is 1. The lowest BCUT2D eigenvalue weighted by Gasteiger charge is -2.14. The summed E-state index contributed by atoms with van der Waals surface area (Å²) in [5.41, 5.74) is 3.18. The molecule has 0 fully saturated rings. The van der Waals surface area contributed by atoms with E-state index in [0.717, 1.165) is 10.2 Å². The van der Waals surface area contributed by atoms with E-state index in [1.807, 2.05) is 43.3 Å². The van der Waals surface area contributed by atoms with Crippen LogP contribution >= 0.6 is 11.6 Å². The van der Waals surface area contributed by atoms with Crippen molar-refractivity contribution in [1.29, 1.82) is 0 Å². The highest BCUT2D eigenvalue weighted by molar-refractivity contribution is 6.30. The molecule has 0 bridgehead atoms. The second-order valence-corrected chi connectivity index (χ2v) is 7.90. The molecule has 0 aliphatic rings. The molecule has 0 aliphatic heterocycles. The Balaban J connectivity index is 1.55. The Kier molecular flexibility index (Phi) is 5.32. The van der Waals surface area contributed by atoms with Crippen LogP contribution in [-0.4, -0.2) is 25.9 Å². The smallest absolute Gasteiger partial charge is 0.340 e. The summed E-state index contributed by atoms with van der Waals surface area (Å²) in [4.78, 5) is 30.7. The van der Waals surface area contributed by atoms with E-state index in [0.29, 0.717) is 43.6 Å². The third-order valence-corrected chi connectivity index (χ3v) is 5.62. The minimum Gasteiger partial charge on any atom is -0.439 e. The van der Waals surface area contributed by atoms with Gasteiger partial charge in [0.2, 0.25) is 0 Å². The van der Waals surface area contributed by atoms with Crippen molar-refractivity contribution in [3.63, 3.8) is 0 Å². The molecular formula is C25H17ClN4O3. The molecule has 5 rings (SSSR count). The van der Waals surface area contributed by atoms with Crippen LogP contribution < -0.4 is 5.56 Å². The number of carbonyl (C=O) groups is 1. The molecule has 0 atom stereocenters. The summed E-state index contributed by atoms with van der Waals surface area (Å²) in [7, 11) is 0. The number of para-hydroxylation sites is 1. The van der Waals surface area contributed by atoms with Gasteiger partial charge in [-0.25, -0.2) is 9.78 Å². The quantitative estimate of drug-likeness (QED) is 0.361. The first-order valence-corrected chi connectivity index (χ1v) is 10.6. The first-order valence-electron chi connectivity index (χ1n) is 10.2. The van der Waals surface area contributed by atoms with Crippen molar-refractivity contribution < 1.29 is 9.53 Å². The Hall–Kier alpha value is -4.10. The van der Waals surface area contributed by atoms with Crippen LogP contribution in [0.2, 0.25) is 5.02 Å². The third-order valence-electron chi connectivity index (χ3n) is 5.39. The second kappa shape index (κ2) is 8.44. The molecule has 7 nitrogen and oxygen atoms in total. The Morgan fingerprint density at radius 2 is 1.70 bits per heavy atom. The molecule has 2 heterocycles. The average molecular weight is 457 g/mol. The minimum atomic E-state index is -0.587. The molecule has 33 heavy (non-hydrogen) atoms. The molecule has 5 aromatic rings. The predicted octanol–water partition coefficient (Wildman–Crippen LogP) is 4.78. The zero-order valence-corrected chi connectivity index (χ0v) is 18.3. The van der Waals surface area contributed by atoms with E-state index in [4.69, 9.17) is 21.3 Å². The predicted molar refractivity (Wildman–Crippen MR) is 126 cm³/mol. The van der Waals surface area contributed by atoms with Crippen molar-refractivity contribution in [2.75, 3.05) is 0 Å². The molecule has 3 aromatic carbocycles. The summed E-state index contributed by atoms with van der Waals surface area (Å²) in [5, 5.41) is 9.53. The van der Waals surface area contributed by atoms with E-state index in [9.17, 15) is 9.59 Å². The lowest BCUT2D eigenvalue weighted by atomic mass is 9.98. The number of benzene rings is 3. The van der Waals surface area contributed by atoms with Crippen molar-refractivity contribution in [2.24, 2.45) is 0 Å². The van der Waals surface area contributed by atoms with E-state index in [1.165, 1.54) is 0 Å². The van der Waals surface area contributed by atoms with Gasteiger partial charge in [-0.3, -0.25) is 4.79 Å². The third kappa shape index (κ3) is 3.83. The number of nitrogens with zero attached hydrogens (tertiary/aromatic N) is 4. The summed E-state index contributed by atoms with van der Waals surface area (Å²) in [5.74, 6) is -0.587. The topological polar surface area (TPSA) is 87.0 Å². The SMILES string of the molecule is Cc1c(-c2cccc(Cl)c2)nc2ccccc2c1C(=O)OCn1nnc2ccccc2c1=O. The number of hydrogen-bond acceptors (Lipinski definition) is 6. The van der Waals surface area contributed by atoms with Gasteiger partial charge in [0.15, 0.2) is 6.73 Å². The lowest BCUT2D eigenvalue weighted by molar-refractivity contribution is 0.0337. The van der Waals surface area contributed by atoms with Crippen molar-refractivity contribution in [3.05, 3.63) is 99.3 Å². The van der Waals surface area contributed by atoms with Crippen LogP contribution in [0.3, 0.4) is 0 Å². The van der Waals surface area contributed by atoms with Crippen molar-refractivity contribution in [3.8, 4) is 11.3 Å². The normalized spacial score (nSPS) is 11.1. The molecule has 8 heteroatoms. The van der Waals surface area contributed by atoms with E-state index < -0.39 is 5.97 Å². The Bertz CT molecular complexity index is 1600. The van der Waals surface area contributed by atoms with E-state index in [1.54, 1.807) is 36.4 Å². The van der Waals surface area contributed by atoms with Gasteiger partial charge in [-0.05, 0) is 42.8 Å². The van der Waals surface area contributed by atoms with Crippen LogP contribution in [0.5, 0.6) is 0 Å². The fraction of sp³-hybridized carbons (Fsp3) is 0.0800. The highest BCUT2D eigenvalue weighted by Gasteiger charge is 2.21. The monoisotopic (exact) mass is 456 g/mol. The molecule has 0 amide bonds. The molecule has 0 N–H and O–H groups in total. The van der Waals surface area contributed by atoms with Crippen LogP contribution in [0.15, 0.2) is 77.6 Å². The van der Waals surface area contributed by atoms with Gasteiger partial charge in [0.1, 0.15) is 5.52 Å². The Morgan fingerprint density at radius 1 is 0.970 bits per heavy atom.